The highest BCUT2D eigenvalue weighted by molar-refractivity contribution is 8.14. The van der Waals surface area contributed by atoms with Gasteiger partial charge in [-0.25, -0.2) is 4.79 Å². The van der Waals surface area contributed by atoms with Gasteiger partial charge in [0.15, 0.2) is 11.1 Å². The van der Waals surface area contributed by atoms with Gasteiger partial charge in [-0.1, -0.05) is 11.8 Å². The topological polar surface area (TPSA) is 49.7 Å². The second-order valence-corrected chi connectivity index (χ2v) is 3.11. The van der Waals surface area contributed by atoms with Crippen LogP contribution < -0.4 is 0 Å². The molecule has 68 valence electrons. The number of hydrogen-bond donors (Lipinski definition) is 1. The van der Waals surface area contributed by atoms with E-state index in [0.29, 0.717) is 11.8 Å². The maximum absolute atomic E-state index is 11.9. The minimum Gasteiger partial charge on any atom is -0.480 e. The quantitative estimate of drug-likeness (QED) is 0.689. The van der Waals surface area contributed by atoms with Crippen LogP contribution in [0.3, 0.4) is 0 Å². The first-order valence-electron chi connectivity index (χ1n) is 2.92. The fourth-order valence-electron chi connectivity index (χ4n) is 0.655. The Morgan fingerprint density at radius 3 is 2.50 bits per heavy atom. The second-order valence-electron chi connectivity index (χ2n) is 2.10. The summed E-state index contributed by atoms with van der Waals surface area (Å²) < 4.78 is 35.6. The van der Waals surface area contributed by atoms with E-state index in [9.17, 15) is 18.0 Å². The predicted molar refractivity (Wildman–Crippen MR) is 37.4 cm³/mol. The maximum Gasteiger partial charge on any atom is 0.439 e. The molecule has 1 atom stereocenters. The third-order valence-corrected chi connectivity index (χ3v) is 2.27. The van der Waals surface area contributed by atoms with Crippen LogP contribution in [0.15, 0.2) is 4.99 Å². The zero-order valence-corrected chi connectivity index (χ0v) is 6.45. The Balaban J connectivity index is 2.73. The number of carboxylic acid groups (broad SMARTS) is 1. The molecular formula is C5H4F3NO2S. The van der Waals surface area contributed by atoms with Crippen LogP contribution >= 0.6 is 11.8 Å². The van der Waals surface area contributed by atoms with Crippen molar-refractivity contribution in [2.75, 3.05) is 5.75 Å². The highest BCUT2D eigenvalue weighted by atomic mass is 32.2. The fraction of sp³-hybridized carbons (Fsp3) is 0.600. The summed E-state index contributed by atoms with van der Waals surface area (Å²) >= 11 is 0.430. The number of hydrogen-bond acceptors (Lipinski definition) is 3. The largest absolute Gasteiger partial charge is 0.480 e. The summed E-state index contributed by atoms with van der Waals surface area (Å²) in [7, 11) is 0. The average molecular weight is 199 g/mol. The smallest absolute Gasteiger partial charge is 0.439 e. The molecule has 0 saturated heterocycles. The summed E-state index contributed by atoms with van der Waals surface area (Å²) in [6, 6.07) is -1.24. The number of thioether (sulfide) groups is 1. The SMILES string of the molecule is O=C(O)C1CSC(C(F)(F)F)=N1. The lowest BCUT2D eigenvalue weighted by molar-refractivity contribution is -0.137. The van der Waals surface area contributed by atoms with Crippen LogP contribution in [-0.4, -0.2) is 34.1 Å². The molecule has 1 N–H and O–H groups in total. The van der Waals surface area contributed by atoms with Gasteiger partial charge in [-0.15, -0.1) is 0 Å². The van der Waals surface area contributed by atoms with E-state index in [-0.39, 0.29) is 5.75 Å². The molecule has 0 saturated carbocycles. The number of alkyl halides is 3. The zero-order chi connectivity index (χ0) is 9.35. The number of carbonyl (C=O) groups is 1. The average Bonchev–Trinajstić information content (AvgIpc) is 2.30. The first-order chi connectivity index (χ1) is 5.41. The third-order valence-electron chi connectivity index (χ3n) is 1.18. The van der Waals surface area contributed by atoms with Gasteiger partial charge in [-0.3, -0.25) is 4.99 Å². The maximum atomic E-state index is 11.9. The molecule has 1 unspecified atom stereocenters. The lowest BCUT2D eigenvalue weighted by Gasteiger charge is -2.02. The summed E-state index contributed by atoms with van der Waals surface area (Å²) in [6.07, 6.45) is -4.51. The molecule has 0 aliphatic carbocycles. The van der Waals surface area contributed by atoms with Gasteiger partial charge in [-0.2, -0.15) is 13.2 Å². The minimum atomic E-state index is -4.51. The number of nitrogens with zero attached hydrogens (tertiary/aromatic N) is 1. The zero-order valence-electron chi connectivity index (χ0n) is 5.63. The van der Waals surface area contributed by atoms with E-state index in [4.69, 9.17) is 5.11 Å². The van der Waals surface area contributed by atoms with Crippen molar-refractivity contribution in [3.63, 3.8) is 0 Å². The minimum absolute atomic E-state index is 0.135. The highest BCUT2D eigenvalue weighted by Crippen LogP contribution is 2.30. The molecule has 0 aromatic rings. The number of aliphatic imine (C=N–C) groups is 1. The molecule has 1 heterocycles. The van der Waals surface area contributed by atoms with E-state index in [0.717, 1.165) is 0 Å². The van der Waals surface area contributed by atoms with E-state index in [2.05, 4.69) is 4.99 Å². The molecule has 0 bridgehead atoms. The molecule has 3 nitrogen and oxygen atoms in total. The van der Waals surface area contributed by atoms with Crippen LogP contribution in [-0.2, 0) is 4.79 Å². The molecule has 7 heteroatoms. The van der Waals surface area contributed by atoms with Crippen molar-refractivity contribution in [3.8, 4) is 0 Å². The first-order valence-corrected chi connectivity index (χ1v) is 3.90. The van der Waals surface area contributed by atoms with Crippen LogP contribution in [0.5, 0.6) is 0 Å². The standard InChI is InChI=1S/C5H4F3NO2S/c6-5(7,8)4-9-2(1-12-4)3(10)11/h2H,1H2,(H,10,11). The molecule has 0 amide bonds. The summed E-state index contributed by atoms with van der Waals surface area (Å²) in [5, 5.41) is 7.26. The predicted octanol–water partition coefficient (Wildman–Crippen LogP) is 1.15. The molecule has 0 spiro atoms. The summed E-state index contributed by atoms with van der Waals surface area (Å²) in [4.78, 5) is 13.2. The van der Waals surface area contributed by atoms with Gasteiger partial charge in [0, 0.05) is 5.75 Å². The van der Waals surface area contributed by atoms with Crippen molar-refractivity contribution < 1.29 is 23.1 Å². The molecule has 0 aromatic carbocycles. The molecule has 1 aliphatic rings. The molecule has 0 radical (unpaired) electrons. The number of carboxylic acids is 1. The number of rotatable bonds is 1. The Labute approximate surface area is 69.7 Å². The molecule has 1 aliphatic heterocycles. The van der Waals surface area contributed by atoms with Crippen LogP contribution in [0.1, 0.15) is 0 Å². The van der Waals surface area contributed by atoms with E-state index < -0.39 is 23.2 Å². The second kappa shape index (κ2) is 2.96. The number of aliphatic carboxylic acids is 1. The van der Waals surface area contributed by atoms with Crippen molar-refractivity contribution in [3.05, 3.63) is 0 Å². The molecule has 12 heavy (non-hydrogen) atoms. The highest BCUT2D eigenvalue weighted by Gasteiger charge is 2.41. The van der Waals surface area contributed by atoms with Gasteiger partial charge in [-0.05, 0) is 0 Å². The monoisotopic (exact) mass is 199 g/mol. The molecular weight excluding hydrogens is 195 g/mol. The van der Waals surface area contributed by atoms with Crippen molar-refractivity contribution in [1.29, 1.82) is 0 Å². The van der Waals surface area contributed by atoms with E-state index in [1.54, 1.807) is 0 Å². The summed E-state index contributed by atoms with van der Waals surface area (Å²) in [6.45, 7) is 0. The van der Waals surface area contributed by atoms with Gasteiger partial charge in [0.25, 0.3) is 0 Å². The van der Waals surface area contributed by atoms with Crippen LogP contribution in [0.25, 0.3) is 0 Å². The van der Waals surface area contributed by atoms with Crippen LogP contribution in [0.2, 0.25) is 0 Å². The Hall–Kier alpha value is -0.720. The van der Waals surface area contributed by atoms with Crippen molar-refractivity contribution in [1.82, 2.24) is 0 Å². The van der Waals surface area contributed by atoms with Crippen molar-refractivity contribution in [2.24, 2.45) is 4.99 Å². The van der Waals surface area contributed by atoms with E-state index >= 15 is 0 Å². The van der Waals surface area contributed by atoms with Crippen LogP contribution in [0, 0.1) is 0 Å². The lowest BCUT2D eigenvalue weighted by atomic mass is 10.4. The van der Waals surface area contributed by atoms with Gasteiger partial charge in [0.2, 0.25) is 0 Å². The Kier molecular flexibility index (Phi) is 2.31. The summed E-state index contributed by atoms with van der Waals surface area (Å²) in [5.74, 6) is -1.45. The van der Waals surface area contributed by atoms with Crippen molar-refractivity contribution >= 4 is 22.8 Å². The third kappa shape index (κ3) is 1.90. The Morgan fingerprint density at radius 2 is 2.25 bits per heavy atom. The van der Waals surface area contributed by atoms with E-state index in [1.807, 2.05) is 0 Å². The van der Waals surface area contributed by atoms with Gasteiger partial charge in [0.1, 0.15) is 0 Å². The van der Waals surface area contributed by atoms with Gasteiger partial charge < -0.3 is 5.11 Å². The summed E-state index contributed by atoms with van der Waals surface area (Å²) in [5.41, 5.74) is 0. The first kappa shape index (κ1) is 9.37. The van der Waals surface area contributed by atoms with Crippen LogP contribution in [0.4, 0.5) is 13.2 Å². The van der Waals surface area contributed by atoms with Crippen molar-refractivity contribution in [2.45, 2.75) is 12.2 Å². The lowest BCUT2D eigenvalue weighted by Crippen LogP contribution is -2.19. The van der Waals surface area contributed by atoms with Gasteiger partial charge in [0.05, 0.1) is 0 Å². The number of halogens is 3. The molecule has 0 aromatic heterocycles. The molecule has 0 fully saturated rings. The van der Waals surface area contributed by atoms with E-state index in [1.165, 1.54) is 0 Å². The normalized spacial score (nSPS) is 23.9. The van der Waals surface area contributed by atoms with Gasteiger partial charge >= 0.3 is 12.1 Å². The molecule has 1 rings (SSSR count). The Morgan fingerprint density at radius 1 is 1.67 bits per heavy atom. The Bertz CT molecular complexity index is 237. The fourth-order valence-corrected chi connectivity index (χ4v) is 1.55.